The summed E-state index contributed by atoms with van der Waals surface area (Å²) in [5.41, 5.74) is 1.98. The summed E-state index contributed by atoms with van der Waals surface area (Å²) in [4.78, 5) is 29.7. The van der Waals surface area contributed by atoms with Crippen molar-refractivity contribution in [3.05, 3.63) is 57.5 Å². The third-order valence-corrected chi connectivity index (χ3v) is 4.25. The van der Waals surface area contributed by atoms with Gasteiger partial charge in [0, 0.05) is 31.5 Å². The van der Waals surface area contributed by atoms with E-state index in [0.29, 0.717) is 23.5 Å². The number of fused-ring (bicyclic) bond motifs is 3. The van der Waals surface area contributed by atoms with Gasteiger partial charge in [-0.2, -0.15) is 4.98 Å². The minimum atomic E-state index is -0.396. The van der Waals surface area contributed by atoms with Gasteiger partial charge in [-0.1, -0.05) is 12.2 Å². The monoisotopic (exact) mass is 313 g/mol. The molecule has 120 valence electrons. The molecule has 0 aliphatic carbocycles. The van der Waals surface area contributed by atoms with Gasteiger partial charge in [0.25, 0.3) is 5.56 Å². The van der Waals surface area contributed by atoms with Crippen LogP contribution in [0.3, 0.4) is 0 Å². The van der Waals surface area contributed by atoms with Crippen LogP contribution >= 0.6 is 0 Å². The summed E-state index contributed by atoms with van der Waals surface area (Å²) in [7, 11) is 1.62. The van der Waals surface area contributed by atoms with Crippen LogP contribution < -0.4 is 11.2 Å². The van der Waals surface area contributed by atoms with E-state index in [1.807, 2.05) is 22.8 Å². The standard InChI is InChI=1S/C16H19N5O2/c1-6-8-19-10(3)11(4)21-12-13(17-15(19)21)18(5)16(23)20(9-7-2)14(12)22/h6-7H,1-2,8-9H2,3-5H3. The molecule has 0 saturated carbocycles. The van der Waals surface area contributed by atoms with Crippen molar-refractivity contribution in [3.63, 3.8) is 0 Å². The lowest BCUT2D eigenvalue weighted by atomic mass is 10.3. The van der Waals surface area contributed by atoms with E-state index >= 15 is 0 Å². The molecule has 0 spiro atoms. The lowest BCUT2D eigenvalue weighted by molar-refractivity contribution is 0.667. The molecular formula is C16H19N5O2. The molecule has 7 heteroatoms. The second-order valence-corrected chi connectivity index (χ2v) is 5.54. The zero-order chi connectivity index (χ0) is 16.9. The van der Waals surface area contributed by atoms with E-state index < -0.39 is 5.69 Å². The van der Waals surface area contributed by atoms with Crippen molar-refractivity contribution in [3.8, 4) is 0 Å². The summed E-state index contributed by atoms with van der Waals surface area (Å²) >= 11 is 0. The smallest absolute Gasteiger partial charge is 0.310 e. The van der Waals surface area contributed by atoms with Crippen LogP contribution in [0.5, 0.6) is 0 Å². The van der Waals surface area contributed by atoms with Gasteiger partial charge in [0.05, 0.1) is 0 Å². The van der Waals surface area contributed by atoms with Gasteiger partial charge >= 0.3 is 5.69 Å². The quantitative estimate of drug-likeness (QED) is 0.678. The summed E-state index contributed by atoms with van der Waals surface area (Å²) in [6, 6.07) is 0. The van der Waals surface area contributed by atoms with Gasteiger partial charge in [0.1, 0.15) is 0 Å². The van der Waals surface area contributed by atoms with E-state index in [9.17, 15) is 9.59 Å². The number of hydrogen-bond donors (Lipinski definition) is 0. The first kappa shape index (κ1) is 15.1. The SMILES string of the molecule is C=CCn1c(=O)c2c(nc3n(CC=C)c(C)c(C)n23)n(C)c1=O. The molecule has 3 heterocycles. The average Bonchev–Trinajstić information content (AvgIpc) is 3.02. The van der Waals surface area contributed by atoms with Gasteiger partial charge in [-0.3, -0.25) is 18.3 Å². The Bertz CT molecular complexity index is 1070. The number of allylic oxidation sites excluding steroid dienone is 2. The number of imidazole rings is 2. The van der Waals surface area contributed by atoms with Crippen LogP contribution in [0.4, 0.5) is 0 Å². The highest BCUT2D eigenvalue weighted by atomic mass is 16.2. The summed E-state index contributed by atoms with van der Waals surface area (Å²) in [6.45, 7) is 12.0. The maximum Gasteiger partial charge on any atom is 0.332 e. The Hall–Kier alpha value is -2.83. The van der Waals surface area contributed by atoms with Crippen molar-refractivity contribution < 1.29 is 0 Å². The Morgan fingerprint density at radius 3 is 2.26 bits per heavy atom. The Morgan fingerprint density at radius 2 is 1.65 bits per heavy atom. The average molecular weight is 313 g/mol. The van der Waals surface area contributed by atoms with E-state index in [2.05, 4.69) is 18.1 Å². The molecular weight excluding hydrogens is 294 g/mol. The molecule has 3 aromatic heterocycles. The minimum absolute atomic E-state index is 0.167. The lowest BCUT2D eigenvalue weighted by Crippen LogP contribution is -2.39. The fourth-order valence-electron chi connectivity index (χ4n) is 2.95. The molecule has 3 aromatic rings. The van der Waals surface area contributed by atoms with Gasteiger partial charge in [0.15, 0.2) is 11.2 Å². The molecule has 0 radical (unpaired) electrons. The molecule has 3 rings (SSSR count). The first-order valence-electron chi connectivity index (χ1n) is 7.33. The Morgan fingerprint density at radius 1 is 1.04 bits per heavy atom. The highest BCUT2D eigenvalue weighted by Gasteiger charge is 2.21. The molecule has 0 unspecified atom stereocenters. The van der Waals surface area contributed by atoms with E-state index in [0.717, 1.165) is 11.4 Å². The van der Waals surface area contributed by atoms with Crippen LogP contribution in [-0.2, 0) is 20.1 Å². The fraction of sp³-hybridized carbons (Fsp3) is 0.312. The highest BCUT2D eigenvalue weighted by Crippen LogP contribution is 2.20. The highest BCUT2D eigenvalue weighted by molar-refractivity contribution is 5.76. The van der Waals surface area contributed by atoms with Crippen LogP contribution in [-0.4, -0.2) is 23.1 Å². The van der Waals surface area contributed by atoms with Crippen LogP contribution in [0.15, 0.2) is 34.9 Å². The van der Waals surface area contributed by atoms with Gasteiger partial charge in [-0.15, -0.1) is 13.2 Å². The number of rotatable bonds is 4. The molecule has 0 aliphatic heterocycles. The van der Waals surface area contributed by atoms with Crippen LogP contribution in [0.2, 0.25) is 0 Å². The Labute approximate surface area is 132 Å². The van der Waals surface area contributed by atoms with Crippen molar-refractivity contribution in [1.82, 2.24) is 23.1 Å². The van der Waals surface area contributed by atoms with Crippen molar-refractivity contribution >= 4 is 16.9 Å². The molecule has 0 bridgehead atoms. The molecule has 0 amide bonds. The van der Waals surface area contributed by atoms with Crippen LogP contribution in [0, 0.1) is 13.8 Å². The minimum Gasteiger partial charge on any atom is -0.310 e. The van der Waals surface area contributed by atoms with Gasteiger partial charge in [-0.25, -0.2) is 4.79 Å². The van der Waals surface area contributed by atoms with E-state index in [4.69, 9.17) is 0 Å². The molecule has 0 fully saturated rings. The van der Waals surface area contributed by atoms with Gasteiger partial charge < -0.3 is 4.57 Å². The topological polar surface area (TPSA) is 66.2 Å². The Kier molecular flexibility index (Phi) is 3.35. The normalized spacial score (nSPS) is 11.4. The largest absolute Gasteiger partial charge is 0.332 e. The van der Waals surface area contributed by atoms with Gasteiger partial charge in [0.2, 0.25) is 5.78 Å². The molecule has 23 heavy (non-hydrogen) atoms. The summed E-state index contributed by atoms with van der Waals surface area (Å²) in [6.07, 6.45) is 3.31. The summed E-state index contributed by atoms with van der Waals surface area (Å²) in [5.74, 6) is 0.637. The van der Waals surface area contributed by atoms with E-state index in [1.165, 1.54) is 15.2 Å². The first-order valence-corrected chi connectivity index (χ1v) is 7.33. The number of aryl methyl sites for hydroxylation is 2. The number of aromatic nitrogens is 5. The zero-order valence-electron chi connectivity index (χ0n) is 13.5. The Balaban J connectivity index is 2.60. The molecule has 7 nitrogen and oxygen atoms in total. The van der Waals surface area contributed by atoms with Crippen molar-refractivity contribution in [1.29, 1.82) is 0 Å². The first-order chi connectivity index (χ1) is 10.9. The third-order valence-electron chi connectivity index (χ3n) is 4.25. The third kappa shape index (κ3) is 1.86. The van der Waals surface area contributed by atoms with Gasteiger partial charge in [-0.05, 0) is 13.8 Å². The zero-order valence-corrected chi connectivity index (χ0v) is 13.5. The van der Waals surface area contributed by atoms with Crippen molar-refractivity contribution in [2.45, 2.75) is 26.9 Å². The second kappa shape index (κ2) is 5.12. The van der Waals surface area contributed by atoms with Crippen LogP contribution in [0.1, 0.15) is 11.4 Å². The van der Waals surface area contributed by atoms with Crippen molar-refractivity contribution in [2.24, 2.45) is 7.05 Å². The van der Waals surface area contributed by atoms with Crippen molar-refractivity contribution in [2.75, 3.05) is 0 Å². The molecule has 0 atom stereocenters. The predicted octanol–water partition coefficient (Wildman–Crippen LogP) is 1.14. The molecule has 0 saturated heterocycles. The van der Waals surface area contributed by atoms with E-state index in [-0.39, 0.29) is 12.1 Å². The maximum absolute atomic E-state index is 12.8. The molecule has 0 aliphatic rings. The second-order valence-electron chi connectivity index (χ2n) is 5.54. The predicted molar refractivity (Wildman–Crippen MR) is 90.1 cm³/mol. The lowest BCUT2D eigenvalue weighted by Gasteiger charge is -2.06. The number of hydrogen-bond acceptors (Lipinski definition) is 3. The molecule has 0 N–H and O–H groups in total. The fourth-order valence-corrected chi connectivity index (χ4v) is 2.95. The van der Waals surface area contributed by atoms with Crippen LogP contribution in [0.25, 0.3) is 16.9 Å². The maximum atomic E-state index is 12.8. The number of nitrogens with zero attached hydrogens (tertiary/aromatic N) is 5. The summed E-state index contributed by atoms with van der Waals surface area (Å²) in [5, 5.41) is 0. The van der Waals surface area contributed by atoms with E-state index in [1.54, 1.807) is 13.1 Å². The molecule has 0 aromatic carbocycles. The summed E-state index contributed by atoms with van der Waals surface area (Å²) < 4.78 is 6.36.